The summed E-state index contributed by atoms with van der Waals surface area (Å²) in [5.74, 6) is -0.489. The molecule has 0 spiro atoms. The number of anilines is 2. The first-order valence-corrected chi connectivity index (χ1v) is 16.0. The molecule has 0 atom stereocenters. The molecule has 1 aliphatic heterocycles. The van der Waals surface area contributed by atoms with Crippen molar-refractivity contribution in [1.82, 2.24) is 0 Å². The molecule has 38 heavy (non-hydrogen) atoms. The van der Waals surface area contributed by atoms with Crippen molar-refractivity contribution in [2.45, 2.75) is 46.1 Å². The minimum Gasteiger partial charge on any atom is -0.366 e. The largest absolute Gasteiger partial charge is 0.366 e. The minimum absolute atomic E-state index is 0.0491. The van der Waals surface area contributed by atoms with Gasteiger partial charge >= 0.3 is 15.2 Å². The molecule has 1 amide bonds. The summed E-state index contributed by atoms with van der Waals surface area (Å²) in [5, 5.41) is 0. The van der Waals surface area contributed by atoms with E-state index in [1.807, 2.05) is 38.1 Å². The van der Waals surface area contributed by atoms with E-state index in [-0.39, 0.29) is 18.9 Å². The highest BCUT2D eigenvalue weighted by atomic mass is 31.2. The highest BCUT2D eigenvalue weighted by Gasteiger charge is 2.36. The summed E-state index contributed by atoms with van der Waals surface area (Å²) in [6.45, 7) is 5.95. The second-order valence-electron chi connectivity index (χ2n) is 10.4. The molecule has 2 aromatic rings. The fourth-order valence-electron chi connectivity index (χ4n) is 5.48. The molecule has 6 N–H and O–H groups in total. The molecule has 1 aliphatic carbocycles. The number of benzene rings is 2. The highest BCUT2D eigenvalue weighted by molar-refractivity contribution is 7.52. The highest BCUT2D eigenvalue weighted by Crippen LogP contribution is 2.49. The molecule has 11 heteroatoms. The first kappa shape index (κ1) is 28.5. The van der Waals surface area contributed by atoms with Crippen LogP contribution < -0.4 is 10.6 Å². The van der Waals surface area contributed by atoms with Crippen molar-refractivity contribution in [3.05, 3.63) is 82.0 Å². The Morgan fingerprint density at radius 2 is 1.39 bits per heavy atom. The molecule has 2 aliphatic rings. The monoisotopic (exact) mass is 560 g/mol. The van der Waals surface area contributed by atoms with Crippen molar-refractivity contribution in [3.63, 3.8) is 0 Å². The molecule has 0 saturated carbocycles. The number of primary amides is 1. The van der Waals surface area contributed by atoms with Crippen molar-refractivity contribution in [2.75, 3.05) is 17.2 Å². The van der Waals surface area contributed by atoms with E-state index in [9.17, 15) is 33.5 Å². The van der Waals surface area contributed by atoms with E-state index >= 15 is 0 Å². The molecule has 0 fully saturated rings. The zero-order valence-corrected chi connectivity index (χ0v) is 23.5. The van der Waals surface area contributed by atoms with Gasteiger partial charge in [0, 0.05) is 28.8 Å². The van der Waals surface area contributed by atoms with Crippen LogP contribution in [0.1, 0.15) is 51.0 Å². The predicted octanol–water partition coefficient (Wildman–Crippen LogP) is 4.37. The lowest BCUT2D eigenvalue weighted by Gasteiger charge is -2.41. The maximum absolute atomic E-state index is 12.5. The van der Waals surface area contributed by atoms with E-state index in [0.29, 0.717) is 12.0 Å². The van der Waals surface area contributed by atoms with Crippen LogP contribution in [0.4, 0.5) is 11.4 Å². The van der Waals surface area contributed by atoms with Crippen LogP contribution in [0.5, 0.6) is 0 Å². The lowest BCUT2D eigenvalue weighted by molar-refractivity contribution is 0.0999. The number of hydrogen-bond donors (Lipinski definition) is 5. The van der Waals surface area contributed by atoms with Crippen LogP contribution in [-0.2, 0) is 15.6 Å². The fourth-order valence-corrected chi connectivity index (χ4v) is 6.89. The van der Waals surface area contributed by atoms with Gasteiger partial charge in [0.2, 0.25) is 5.91 Å². The molecule has 0 unspecified atom stereocenters. The van der Waals surface area contributed by atoms with Crippen molar-refractivity contribution in [3.8, 4) is 0 Å². The summed E-state index contributed by atoms with van der Waals surface area (Å²) in [5.41, 5.74) is 12.2. The summed E-state index contributed by atoms with van der Waals surface area (Å²) in [7, 11) is -8.63. The molecule has 0 bridgehead atoms. The zero-order chi connectivity index (χ0) is 28.0. The van der Waals surface area contributed by atoms with Crippen LogP contribution in [0.3, 0.4) is 0 Å². The Morgan fingerprint density at radius 3 is 1.89 bits per heavy atom. The van der Waals surface area contributed by atoms with Gasteiger partial charge in [-0.15, -0.1) is 0 Å². The molecule has 0 radical (unpaired) electrons. The summed E-state index contributed by atoms with van der Waals surface area (Å²) in [6.07, 6.45) is 7.27. The first-order chi connectivity index (χ1) is 17.6. The van der Waals surface area contributed by atoms with Crippen molar-refractivity contribution in [2.24, 2.45) is 11.1 Å². The molecular formula is C27H34N2O7P2. The van der Waals surface area contributed by atoms with Gasteiger partial charge in [0.1, 0.15) is 0 Å². The van der Waals surface area contributed by atoms with E-state index in [4.69, 9.17) is 5.73 Å². The quantitative estimate of drug-likeness (QED) is 0.235. The smallest absolute Gasteiger partial charge is 0.325 e. The number of amides is 1. The number of carbonyl (C=O) groups excluding carboxylic acids is 1. The molecule has 204 valence electrons. The van der Waals surface area contributed by atoms with Crippen molar-refractivity contribution >= 4 is 32.5 Å². The lowest BCUT2D eigenvalue weighted by Crippen LogP contribution is -2.36. The Balaban J connectivity index is 1.80. The van der Waals surface area contributed by atoms with Crippen LogP contribution in [0, 0.1) is 26.2 Å². The molecule has 1 heterocycles. The Hall–Kier alpha value is -2.51. The van der Waals surface area contributed by atoms with Crippen LogP contribution >= 0.6 is 15.2 Å². The zero-order valence-electron chi connectivity index (χ0n) is 21.7. The summed E-state index contributed by atoms with van der Waals surface area (Å²) in [6, 6.07) is 7.64. The number of nitrogens with two attached hydrogens (primary N) is 1. The topological polar surface area (TPSA) is 161 Å². The van der Waals surface area contributed by atoms with E-state index in [2.05, 4.69) is 24.0 Å². The molecule has 4 rings (SSSR count). The van der Waals surface area contributed by atoms with Gasteiger partial charge in [0.25, 0.3) is 0 Å². The average Bonchev–Trinajstić information content (AvgIpc) is 2.82. The average molecular weight is 561 g/mol. The normalized spacial score (nSPS) is 16.9. The lowest BCUT2D eigenvalue weighted by atomic mass is 9.77. The van der Waals surface area contributed by atoms with E-state index in [1.54, 1.807) is 12.2 Å². The number of nitrogens with zero attached hydrogens (tertiary/aromatic N) is 1. The summed E-state index contributed by atoms with van der Waals surface area (Å²) < 4.78 is 23.2. The van der Waals surface area contributed by atoms with Crippen molar-refractivity contribution < 1.29 is 33.5 Å². The Bertz CT molecular complexity index is 1400. The van der Waals surface area contributed by atoms with Gasteiger partial charge in [-0.2, -0.15) is 0 Å². The van der Waals surface area contributed by atoms with Gasteiger partial charge < -0.3 is 30.2 Å². The third-order valence-corrected chi connectivity index (χ3v) is 9.36. The number of allylic oxidation sites excluding steroid dienone is 2. The first-order valence-electron chi connectivity index (χ1n) is 12.4. The SMILES string of the molecule is Cc1ccc2c(c1C)Cc1c(ccc(C)c1C(N)=O)N2C1C=CC(CCP(=O)(O)O)(CCP(=O)(O)O)C=C1. The third kappa shape index (κ3) is 5.89. The maximum atomic E-state index is 12.5. The molecule has 2 aromatic carbocycles. The van der Waals surface area contributed by atoms with Crippen LogP contribution in [0.2, 0.25) is 0 Å². The third-order valence-electron chi connectivity index (χ3n) is 7.75. The van der Waals surface area contributed by atoms with E-state index in [1.165, 1.54) is 0 Å². The van der Waals surface area contributed by atoms with Gasteiger partial charge in [0.05, 0.1) is 18.4 Å². The van der Waals surface area contributed by atoms with Gasteiger partial charge in [-0.3, -0.25) is 13.9 Å². The Labute approximate surface area is 222 Å². The molecule has 0 saturated heterocycles. The maximum Gasteiger partial charge on any atom is 0.325 e. The second kappa shape index (κ2) is 10.2. The van der Waals surface area contributed by atoms with Crippen LogP contribution in [0.15, 0.2) is 48.6 Å². The summed E-state index contributed by atoms with van der Waals surface area (Å²) in [4.78, 5) is 52.5. The Morgan fingerprint density at radius 1 is 0.895 bits per heavy atom. The van der Waals surface area contributed by atoms with Gasteiger partial charge in [-0.05, 0) is 73.6 Å². The van der Waals surface area contributed by atoms with Crippen molar-refractivity contribution in [1.29, 1.82) is 0 Å². The number of rotatable bonds is 8. The summed E-state index contributed by atoms with van der Waals surface area (Å²) >= 11 is 0. The number of carbonyl (C=O) groups is 1. The fraction of sp³-hybridized carbons (Fsp3) is 0.370. The second-order valence-corrected chi connectivity index (χ2v) is 13.9. The van der Waals surface area contributed by atoms with Crippen LogP contribution in [-0.4, -0.2) is 43.8 Å². The van der Waals surface area contributed by atoms with E-state index < -0.39 is 38.8 Å². The minimum atomic E-state index is -4.31. The van der Waals surface area contributed by atoms with Gasteiger partial charge in [-0.25, -0.2) is 0 Å². The number of aryl methyl sites for hydroxylation is 2. The van der Waals surface area contributed by atoms with Gasteiger partial charge in [-0.1, -0.05) is 36.4 Å². The van der Waals surface area contributed by atoms with Crippen LogP contribution in [0.25, 0.3) is 0 Å². The molecule has 0 aromatic heterocycles. The number of fused-ring (bicyclic) bond motifs is 2. The van der Waals surface area contributed by atoms with Gasteiger partial charge in [0.15, 0.2) is 0 Å². The standard InChI is InChI=1S/C27H34N2O7P2/c1-17-4-6-23-21(19(17)3)16-22-24(7-5-18(2)25(22)26(28)30)29(23)20-8-10-27(11-9-20,12-14-37(31,32)33)13-15-38(34,35)36/h4-11,20H,12-16H2,1-3H3,(H2,28,30)(H2,31,32,33)(H2,34,35,36). The number of hydrogen-bond acceptors (Lipinski definition) is 4. The molecular weight excluding hydrogens is 526 g/mol. The molecule has 9 nitrogen and oxygen atoms in total. The predicted molar refractivity (Wildman–Crippen MR) is 148 cm³/mol. The van der Waals surface area contributed by atoms with E-state index in [0.717, 1.165) is 39.2 Å². The Kier molecular flexibility index (Phi) is 7.67.